The molecule has 2 saturated heterocycles. The van der Waals surface area contributed by atoms with Crippen LogP contribution in [0.4, 0.5) is 9.59 Å². The fourth-order valence-corrected chi connectivity index (χ4v) is 5.65. The number of carbonyl (C=O) groups excluding carboxylic acids is 4. The molecule has 0 unspecified atom stereocenters. The Morgan fingerprint density at radius 2 is 1.29 bits per heavy atom. The van der Waals surface area contributed by atoms with E-state index >= 15 is 0 Å². The summed E-state index contributed by atoms with van der Waals surface area (Å²) in [5.74, 6) is -1.09. The predicted octanol–water partition coefficient (Wildman–Crippen LogP) is 5.95. The van der Waals surface area contributed by atoms with Crippen LogP contribution in [0.25, 0.3) is 0 Å². The van der Waals surface area contributed by atoms with Crippen molar-refractivity contribution in [2.75, 3.05) is 13.2 Å². The molecule has 0 bridgehead atoms. The highest BCUT2D eigenvalue weighted by Crippen LogP contribution is 2.26. The first-order valence-corrected chi connectivity index (χ1v) is 14.6. The molecule has 0 N–H and O–H groups in total. The number of amides is 4. The van der Waals surface area contributed by atoms with Gasteiger partial charge in [0.25, 0.3) is 0 Å². The zero-order valence-corrected chi connectivity index (χ0v) is 23.8. The summed E-state index contributed by atoms with van der Waals surface area (Å²) in [6, 6.07) is 18.9. The number of hydrogen-bond donors (Lipinski definition) is 0. The van der Waals surface area contributed by atoms with E-state index in [2.05, 4.69) is 6.58 Å². The molecule has 41 heavy (non-hydrogen) atoms. The molecular formula is C33H40N2O6. The van der Waals surface area contributed by atoms with Crippen LogP contribution in [0, 0.1) is 11.8 Å². The van der Waals surface area contributed by atoms with Gasteiger partial charge in [-0.25, -0.2) is 19.4 Å². The number of allylic oxidation sites excluding steroid dienone is 1. The summed E-state index contributed by atoms with van der Waals surface area (Å²) >= 11 is 0. The van der Waals surface area contributed by atoms with Crippen molar-refractivity contribution >= 4 is 24.0 Å². The molecule has 2 aromatic rings. The molecule has 4 rings (SSSR count). The van der Waals surface area contributed by atoms with Crippen LogP contribution in [0.5, 0.6) is 0 Å². The highest BCUT2D eigenvalue weighted by atomic mass is 16.6. The number of cyclic esters (lactones) is 2. The second-order valence-electron chi connectivity index (χ2n) is 11.0. The summed E-state index contributed by atoms with van der Waals surface area (Å²) < 4.78 is 10.5. The lowest BCUT2D eigenvalue weighted by molar-refractivity contribution is -0.134. The molecular weight excluding hydrogens is 520 g/mol. The fourth-order valence-electron chi connectivity index (χ4n) is 5.65. The molecule has 2 fully saturated rings. The predicted molar refractivity (Wildman–Crippen MR) is 155 cm³/mol. The van der Waals surface area contributed by atoms with Crippen LogP contribution in [0.2, 0.25) is 0 Å². The lowest BCUT2D eigenvalue weighted by Gasteiger charge is -2.25. The molecule has 0 radical (unpaired) electrons. The normalized spacial score (nSPS) is 19.9. The zero-order chi connectivity index (χ0) is 29.2. The standard InChI is InChI=1S/C33H40N2O6/c1-3-13-27(31(37)35-29(23-41-33(35)39)21-26-17-10-6-11-18-26)19-12-4-7-14-24(2)30(36)34-28(22-40-32(34)38)20-25-15-8-5-9-16-25/h3,5-6,8-11,15-18,24,27-29H,1,4,7,12-14,19-23H2,2H3/t24-,27-,28-,29-/m0/s1. The summed E-state index contributed by atoms with van der Waals surface area (Å²) in [4.78, 5) is 54.0. The lowest BCUT2D eigenvalue weighted by atomic mass is 9.93. The largest absolute Gasteiger partial charge is 0.447 e. The second-order valence-corrected chi connectivity index (χ2v) is 11.0. The van der Waals surface area contributed by atoms with Gasteiger partial charge in [-0.05, 0) is 43.2 Å². The van der Waals surface area contributed by atoms with Gasteiger partial charge in [-0.2, -0.15) is 0 Å². The van der Waals surface area contributed by atoms with E-state index in [0.29, 0.717) is 32.1 Å². The maximum Gasteiger partial charge on any atom is 0.416 e. The van der Waals surface area contributed by atoms with Crippen LogP contribution >= 0.6 is 0 Å². The molecule has 4 amide bonds. The average molecular weight is 561 g/mol. The van der Waals surface area contributed by atoms with Crippen LogP contribution in [-0.2, 0) is 31.9 Å². The van der Waals surface area contributed by atoms with Gasteiger partial charge < -0.3 is 9.47 Å². The molecule has 8 heteroatoms. The first-order chi connectivity index (χ1) is 19.9. The molecule has 2 aromatic carbocycles. The Labute approximate surface area is 242 Å². The Hall–Kier alpha value is -3.94. The van der Waals surface area contributed by atoms with Crippen molar-refractivity contribution in [3.05, 3.63) is 84.4 Å². The summed E-state index contributed by atoms with van der Waals surface area (Å²) in [6.45, 7) is 6.07. The third-order valence-corrected chi connectivity index (χ3v) is 7.94. The highest BCUT2D eigenvalue weighted by molar-refractivity contribution is 5.95. The van der Waals surface area contributed by atoms with Crippen molar-refractivity contribution in [2.45, 2.75) is 70.4 Å². The molecule has 4 atom stereocenters. The van der Waals surface area contributed by atoms with Gasteiger partial charge in [-0.3, -0.25) is 9.59 Å². The van der Waals surface area contributed by atoms with Crippen LogP contribution in [0.1, 0.15) is 56.6 Å². The van der Waals surface area contributed by atoms with Gasteiger partial charge in [0.15, 0.2) is 0 Å². The van der Waals surface area contributed by atoms with E-state index in [0.717, 1.165) is 30.4 Å². The van der Waals surface area contributed by atoms with E-state index < -0.39 is 12.2 Å². The van der Waals surface area contributed by atoms with Crippen LogP contribution in [-0.4, -0.2) is 59.1 Å². The molecule has 0 aromatic heterocycles. The maximum atomic E-state index is 13.4. The Morgan fingerprint density at radius 3 is 1.80 bits per heavy atom. The van der Waals surface area contributed by atoms with Gasteiger partial charge in [0.2, 0.25) is 11.8 Å². The van der Waals surface area contributed by atoms with Crippen LogP contribution in [0.15, 0.2) is 73.3 Å². The van der Waals surface area contributed by atoms with Crippen molar-refractivity contribution in [1.82, 2.24) is 9.80 Å². The number of unbranched alkanes of at least 4 members (excludes halogenated alkanes) is 2. The lowest BCUT2D eigenvalue weighted by Crippen LogP contribution is -2.43. The van der Waals surface area contributed by atoms with Crippen LogP contribution in [0.3, 0.4) is 0 Å². The Morgan fingerprint density at radius 1 is 0.805 bits per heavy atom. The number of nitrogens with zero attached hydrogens (tertiary/aromatic N) is 2. The third kappa shape index (κ3) is 7.84. The number of benzene rings is 2. The first-order valence-electron chi connectivity index (χ1n) is 14.6. The zero-order valence-electron chi connectivity index (χ0n) is 23.8. The highest BCUT2D eigenvalue weighted by Gasteiger charge is 2.41. The van der Waals surface area contributed by atoms with Crippen molar-refractivity contribution in [3.63, 3.8) is 0 Å². The van der Waals surface area contributed by atoms with Crippen molar-refractivity contribution in [2.24, 2.45) is 11.8 Å². The molecule has 2 aliphatic heterocycles. The monoisotopic (exact) mass is 560 g/mol. The van der Waals surface area contributed by atoms with Gasteiger partial charge in [0.1, 0.15) is 13.2 Å². The summed E-state index contributed by atoms with van der Waals surface area (Å²) in [5, 5.41) is 0. The van der Waals surface area contributed by atoms with Gasteiger partial charge in [0.05, 0.1) is 12.1 Å². The molecule has 0 aliphatic carbocycles. The molecule has 8 nitrogen and oxygen atoms in total. The van der Waals surface area contributed by atoms with E-state index in [9.17, 15) is 19.2 Å². The van der Waals surface area contributed by atoms with E-state index in [1.165, 1.54) is 9.80 Å². The maximum absolute atomic E-state index is 13.4. The fraction of sp³-hybridized carbons (Fsp3) is 0.455. The van der Waals surface area contributed by atoms with E-state index in [4.69, 9.17) is 9.47 Å². The number of hydrogen-bond acceptors (Lipinski definition) is 6. The second kappa shape index (κ2) is 14.6. The molecule has 0 saturated carbocycles. The van der Waals surface area contributed by atoms with Gasteiger partial charge in [0, 0.05) is 11.8 Å². The number of carbonyl (C=O) groups is 4. The summed E-state index contributed by atoms with van der Waals surface area (Å²) in [7, 11) is 0. The Kier molecular flexibility index (Phi) is 10.7. The topological polar surface area (TPSA) is 93.2 Å². The first kappa shape index (κ1) is 30.0. The minimum atomic E-state index is -0.580. The molecule has 2 heterocycles. The smallest absolute Gasteiger partial charge is 0.416 e. The van der Waals surface area contributed by atoms with E-state index in [-0.39, 0.29) is 48.9 Å². The van der Waals surface area contributed by atoms with E-state index in [1.54, 1.807) is 6.08 Å². The number of rotatable bonds is 14. The van der Waals surface area contributed by atoms with Gasteiger partial charge in [-0.15, -0.1) is 6.58 Å². The van der Waals surface area contributed by atoms with Crippen LogP contribution < -0.4 is 0 Å². The van der Waals surface area contributed by atoms with Crippen molar-refractivity contribution in [1.29, 1.82) is 0 Å². The van der Waals surface area contributed by atoms with Gasteiger partial charge >= 0.3 is 12.2 Å². The van der Waals surface area contributed by atoms with Gasteiger partial charge in [-0.1, -0.05) is 92.9 Å². The molecule has 0 spiro atoms. The number of imide groups is 2. The van der Waals surface area contributed by atoms with Crippen molar-refractivity contribution < 1.29 is 28.7 Å². The average Bonchev–Trinajstić information content (AvgIpc) is 3.53. The SMILES string of the molecule is C=CC[C@@H](CCCCC[C@H](C)C(=O)N1C(=O)OC[C@@H]1Cc1ccccc1)C(=O)N1C(=O)OC[C@@H]1Cc1ccccc1. The summed E-state index contributed by atoms with van der Waals surface area (Å²) in [6.07, 6.45) is 5.83. The van der Waals surface area contributed by atoms with Crippen molar-refractivity contribution in [3.8, 4) is 0 Å². The molecule has 2 aliphatic rings. The Bertz CT molecular complexity index is 1200. The quantitative estimate of drug-likeness (QED) is 0.210. The summed E-state index contributed by atoms with van der Waals surface area (Å²) in [5.41, 5.74) is 2.10. The Balaban J connectivity index is 1.24. The number of ether oxygens (including phenoxy) is 2. The molecule has 218 valence electrons. The minimum Gasteiger partial charge on any atom is -0.447 e. The van der Waals surface area contributed by atoms with E-state index in [1.807, 2.05) is 67.6 Å². The third-order valence-electron chi connectivity index (χ3n) is 7.94. The minimum absolute atomic E-state index is 0.197.